The molecule has 7 aromatic rings. The van der Waals surface area contributed by atoms with Gasteiger partial charge in [-0.15, -0.1) is 0 Å². The van der Waals surface area contributed by atoms with Crippen molar-refractivity contribution >= 4 is 56.0 Å². The zero-order valence-corrected chi connectivity index (χ0v) is 21.6. The van der Waals surface area contributed by atoms with Gasteiger partial charge in [0, 0.05) is 32.6 Å². The lowest BCUT2D eigenvalue weighted by Crippen LogP contribution is -2.12. The summed E-state index contributed by atoms with van der Waals surface area (Å²) in [6.07, 6.45) is 0. The van der Waals surface area contributed by atoms with Gasteiger partial charge >= 0.3 is 5.63 Å². The minimum Gasteiger partial charge on any atom is -0.436 e. The number of carbonyl (C=O) groups is 1. The summed E-state index contributed by atoms with van der Waals surface area (Å²) >= 11 is 6.38. The Bertz CT molecular complexity index is 2160. The standard InChI is InChI=1S/C33H19ClN2O4/c34-27-12-5-9-23-24(27)10-4-11-25(23)32-36-28-18-22(14-15-30(28)39-32)35-31(37)21-8-3-7-19(16-21)26-17-20-6-1-2-13-29(20)40-33(26)38/h1-18H,(H,35,37). The highest BCUT2D eigenvalue weighted by atomic mass is 35.5. The zero-order valence-electron chi connectivity index (χ0n) is 20.9. The molecule has 7 heteroatoms. The number of halogens is 1. The quantitative estimate of drug-likeness (QED) is 0.226. The van der Waals surface area contributed by atoms with E-state index in [1.165, 1.54) is 0 Å². The summed E-state index contributed by atoms with van der Waals surface area (Å²) in [7, 11) is 0. The van der Waals surface area contributed by atoms with E-state index >= 15 is 0 Å². The van der Waals surface area contributed by atoms with Gasteiger partial charge in [-0.05, 0) is 65.5 Å². The molecule has 1 N–H and O–H groups in total. The molecule has 2 heterocycles. The molecule has 7 rings (SSSR count). The van der Waals surface area contributed by atoms with Crippen molar-refractivity contribution < 1.29 is 13.6 Å². The van der Waals surface area contributed by atoms with Crippen LogP contribution >= 0.6 is 11.6 Å². The van der Waals surface area contributed by atoms with E-state index in [0.717, 1.165) is 21.7 Å². The van der Waals surface area contributed by atoms with Crippen LogP contribution in [0.5, 0.6) is 0 Å². The second kappa shape index (κ2) is 9.52. The fourth-order valence-electron chi connectivity index (χ4n) is 4.87. The van der Waals surface area contributed by atoms with Crippen molar-refractivity contribution in [1.82, 2.24) is 4.98 Å². The molecule has 5 aromatic carbocycles. The molecule has 0 saturated heterocycles. The molecule has 0 radical (unpaired) electrons. The molecule has 0 bridgehead atoms. The monoisotopic (exact) mass is 542 g/mol. The van der Waals surface area contributed by atoms with Crippen LogP contribution in [0.15, 0.2) is 123 Å². The molecule has 0 fully saturated rings. The number of benzene rings is 5. The predicted octanol–water partition coefficient (Wildman–Crippen LogP) is 8.33. The first-order valence-corrected chi connectivity index (χ1v) is 12.9. The number of anilines is 1. The fraction of sp³-hybridized carbons (Fsp3) is 0. The third-order valence-electron chi connectivity index (χ3n) is 6.82. The van der Waals surface area contributed by atoms with Crippen LogP contribution in [0, 0.1) is 0 Å². The van der Waals surface area contributed by atoms with E-state index in [4.69, 9.17) is 20.4 Å². The first kappa shape index (κ1) is 23.9. The van der Waals surface area contributed by atoms with Crippen LogP contribution in [-0.2, 0) is 0 Å². The van der Waals surface area contributed by atoms with Gasteiger partial charge in [-0.1, -0.05) is 66.2 Å². The van der Waals surface area contributed by atoms with E-state index < -0.39 is 5.63 Å². The molecule has 0 saturated carbocycles. The maximum Gasteiger partial charge on any atom is 0.344 e. The van der Waals surface area contributed by atoms with E-state index in [0.29, 0.717) is 50.0 Å². The lowest BCUT2D eigenvalue weighted by Gasteiger charge is -2.07. The van der Waals surface area contributed by atoms with Crippen molar-refractivity contribution in [2.24, 2.45) is 0 Å². The van der Waals surface area contributed by atoms with Crippen LogP contribution in [-0.4, -0.2) is 10.9 Å². The van der Waals surface area contributed by atoms with E-state index in [1.54, 1.807) is 54.6 Å². The minimum atomic E-state index is -0.461. The van der Waals surface area contributed by atoms with Crippen molar-refractivity contribution in [1.29, 1.82) is 0 Å². The number of hydrogen-bond acceptors (Lipinski definition) is 5. The van der Waals surface area contributed by atoms with Crippen molar-refractivity contribution in [2.75, 3.05) is 5.32 Å². The van der Waals surface area contributed by atoms with Crippen molar-refractivity contribution in [3.8, 4) is 22.6 Å². The average molecular weight is 543 g/mol. The molecular formula is C33H19ClN2O4. The highest BCUT2D eigenvalue weighted by molar-refractivity contribution is 6.35. The molecule has 0 unspecified atom stereocenters. The van der Waals surface area contributed by atoms with Crippen LogP contribution in [0.4, 0.5) is 5.69 Å². The SMILES string of the molecule is O=C(Nc1ccc2oc(-c3cccc4c(Cl)cccc34)nc2c1)c1cccc(-c2cc3ccccc3oc2=O)c1. The van der Waals surface area contributed by atoms with Gasteiger partial charge in [0.05, 0.1) is 5.56 Å². The first-order valence-electron chi connectivity index (χ1n) is 12.6. The Kier molecular flexibility index (Phi) is 5.68. The Morgan fingerprint density at radius 2 is 1.55 bits per heavy atom. The highest BCUT2D eigenvalue weighted by Gasteiger charge is 2.15. The molecular weight excluding hydrogens is 524 g/mol. The Labute approximate surface area is 232 Å². The number of nitrogens with zero attached hydrogens (tertiary/aromatic N) is 1. The second-order valence-electron chi connectivity index (χ2n) is 9.36. The van der Waals surface area contributed by atoms with Crippen molar-refractivity contribution in [3.05, 3.63) is 130 Å². The van der Waals surface area contributed by atoms with Crippen LogP contribution in [0.2, 0.25) is 5.02 Å². The van der Waals surface area contributed by atoms with Gasteiger partial charge in [-0.25, -0.2) is 9.78 Å². The third-order valence-corrected chi connectivity index (χ3v) is 7.15. The number of carbonyl (C=O) groups excluding carboxylic acids is 1. The first-order chi connectivity index (χ1) is 19.5. The van der Waals surface area contributed by atoms with Gasteiger partial charge in [0.15, 0.2) is 5.58 Å². The fourth-order valence-corrected chi connectivity index (χ4v) is 5.11. The Morgan fingerprint density at radius 1 is 0.725 bits per heavy atom. The summed E-state index contributed by atoms with van der Waals surface area (Å²) in [4.78, 5) is 30.5. The van der Waals surface area contributed by atoms with Crippen molar-refractivity contribution in [2.45, 2.75) is 0 Å². The van der Waals surface area contributed by atoms with E-state index in [1.807, 2.05) is 54.6 Å². The summed E-state index contributed by atoms with van der Waals surface area (Å²) in [5.74, 6) is 0.145. The topological polar surface area (TPSA) is 85.3 Å². The van der Waals surface area contributed by atoms with Gasteiger partial charge in [-0.3, -0.25) is 4.79 Å². The molecule has 0 atom stereocenters. The van der Waals surface area contributed by atoms with Gasteiger partial charge in [0.1, 0.15) is 11.1 Å². The summed E-state index contributed by atoms with van der Waals surface area (Å²) < 4.78 is 11.5. The molecule has 0 aliphatic heterocycles. The number of hydrogen-bond donors (Lipinski definition) is 1. The van der Waals surface area contributed by atoms with Gasteiger partial charge in [0.2, 0.25) is 5.89 Å². The maximum atomic E-state index is 13.2. The van der Waals surface area contributed by atoms with Gasteiger partial charge in [0.25, 0.3) is 5.91 Å². The Morgan fingerprint density at radius 3 is 2.48 bits per heavy atom. The van der Waals surface area contributed by atoms with Crippen LogP contribution in [0.25, 0.3) is 55.4 Å². The van der Waals surface area contributed by atoms with E-state index in [-0.39, 0.29) is 5.91 Å². The summed E-state index contributed by atoms with van der Waals surface area (Å²) in [6.45, 7) is 0. The number of amides is 1. The summed E-state index contributed by atoms with van der Waals surface area (Å²) in [5.41, 5.74) is 4.03. The predicted molar refractivity (Wildman–Crippen MR) is 158 cm³/mol. The molecule has 6 nitrogen and oxygen atoms in total. The minimum absolute atomic E-state index is 0.321. The molecule has 40 heavy (non-hydrogen) atoms. The average Bonchev–Trinajstić information content (AvgIpc) is 3.40. The molecule has 0 spiro atoms. The number of para-hydroxylation sites is 1. The maximum absolute atomic E-state index is 13.2. The van der Waals surface area contributed by atoms with Gasteiger partial charge in [-0.2, -0.15) is 0 Å². The smallest absolute Gasteiger partial charge is 0.344 e. The Hall–Kier alpha value is -5.20. The lowest BCUT2D eigenvalue weighted by atomic mass is 10.0. The number of fused-ring (bicyclic) bond motifs is 3. The van der Waals surface area contributed by atoms with Crippen LogP contribution in [0.3, 0.4) is 0 Å². The Balaban J connectivity index is 1.18. The molecule has 1 amide bonds. The summed E-state index contributed by atoms with van der Waals surface area (Å²) in [5, 5.41) is 6.24. The molecule has 2 aromatic heterocycles. The summed E-state index contributed by atoms with van der Waals surface area (Å²) in [6, 6.07) is 32.8. The van der Waals surface area contributed by atoms with Gasteiger partial charge < -0.3 is 14.2 Å². The third kappa shape index (κ3) is 4.21. The molecule has 0 aliphatic carbocycles. The number of oxazole rings is 1. The largest absolute Gasteiger partial charge is 0.436 e. The number of rotatable bonds is 4. The zero-order chi connectivity index (χ0) is 27.2. The van der Waals surface area contributed by atoms with E-state index in [9.17, 15) is 9.59 Å². The number of nitrogens with one attached hydrogen (secondary N) is 1. The van der Waals surface area contributed by atoms with Crippen LogP contribution in [0.1, 0.15) is 10.4 Å². The molecule has 0 aliphatic rings. The second-order valence-corrected chi connectivity index (χ2v) is 9.77. The van der Waals surface area contributed by atoms with E-state index in [2.05, 4.69) is 10.3 Å². The highest BCUT2D eigenvalue weighted by Crippen LogP contribution is 2.34. The molecule has 192 valence electrons. The lowest BCUT2D eigenvalue weighted by molar-refractivity contribution is 0.102. The van der Waals surface area contributed by atoms with Crippen LogP contribution < -0.4 is 10.9 Å². The van der Waals surface area contributed by atoms with Crippen molar-refractivity contribution in [3.63, 3.8) is 0 Å². The number of aromatic nitrogens is 1. The normalized spacial score (nSPS) is 11.3.